The zero-order chi connectivity index (χ0) is 13.2. The van der Waals surface area contributed by atoms with Crippen molar-refractivity contribution in [3.63, 3.8) is 0 Å². The van der Waals surface area contributed by atoms with Gasteiger partial charge in [0.2, 0.25) is 0 Å². The molecule has 3 heteroatoms. The fourth-order valence-corrected chi connectivity index (χ4v) is 2.90. The molecule has 0 amide bonds. The molecule has 1 aromatic carbocycles. The van der Waals surface area contributed by atoms with Crippen LogP contribution in [-0.4, -0.2) is 11.6 Å². The lowest BCUT2D eigenvalue weighted by Crippen LogP contribution is -2.17. The van der Waals surface area contributed by atoms with Gasteiger partial charge in [-0.05, 0) is 55.1 Å². The van der Waals surface area contributed by atoms with Crippen LogP contribution in [0.25, 0.3) is 0 Å². The van der Waals surface area contributed by atoms with Crippen LogP contribution in [0.4, 0.5) is 0 Å². The summed E-state index contributed by atoms with van der Waals surface area (Å²) in [5.74, 6) is 0.826. The molecule has 19 heavy (non-hydrogen) atoms. The van der Waals surface area contributed by atoms with Crippen LogP contribution in [0, 0.1) is 5.92 Å². The molecular weight excluding hydrogens is 256 g/mol. The van der Waals surface area contributed by atoms with Crippen LogP contribution < -0.4 is 5.32 Å². The minimum Gasteiger partial charge on any atom is -0.350 e. The van der Waals surface area contributed by atoms with E-state index in [0.29, 0.717) is 6.04 Å². The van der Waals surface area contributed by atoms with Crippen LogP contribution in [0.15, 0.2) is 42.7 Å². The van der Waals surface area contributed by atoms with Gasteiger partial charge in [-0.3, -0.25) is 0 Å². The summed E-state index contributed by atoms with van der Waals surface area (Å²) in [6, 6.07) is 10.8. The van der Waals surface area contributed by atoms with Crippen molar-refractivity contribution >= 4 is 11.6 Å². The summed E-state index contributed by atoms with van der Waals surface area (Å²) in [6.07, 6.45) is 7.11. The summed E-state index contributed by atoms with van der Waals surface area (Å²) in [4.78, 5) is 0. The Morgan fingerprint density at radius 3 is 2.89 bits per heavy atom. The third-order valence-electron chi connectivity index (χ3n) is 3.79. The molecule has 1 unspecified atom stereocenters. The highest BCUT2D eigenvalue weighted by Crippen LogP contribution is 2.40. The molecule has 1 aliphatic carbocycles. The highest BCUT2D eigenvalue weighted by molar-refractivity contribution is 6.30. The Morgan fingerprint density at radius 1 is 1.37 bits per heavy atom. The lowest BCUT2D eigenvalue weighted by Gasteiger charge is -2.13. The number of rotatable bonds is 5. The van der Waals surface area contributed by atoms with E-state index in [4.69, 9.17) is 11.6 Å². The molecule has 2 aromatic rings. The molecule has 0 bridgehead atoms. The number of nitrogens with one attached hydrogen (secondary N) is 1. The van der Waals surface area contributed by atoms with Crippen LogP contribution in [-0.2, 0) is 6.54 Å². The van der Waals surface area contributed by atoms with E-state index in [0.717, 1.165) is 17.5 Å². The van der Waals surface area contributed by atoms with Gasteiger partial charge in [0, 0.05) is 30.0 Å². The smallest absolute Gasteiger partial charge is 0.0470 e. The highest BCUT2D eigenvalue weighted by atomic mass is 35.5. The maximum absolute atomic E-state index is 6.02. The van der Waals surface area contributed by atoms with Gasteiger partial charge in [-0.15, -0.1) is 0 Å². The Balaban J connectivity index is 1.74. The predicted molar refractivity (Wildman–Crippen MR) is 79.5 cm³/mol. The second-order valence-corrected chi connectivity index (χ2v) is 5.79. The third kappa shape index (κ3) is 3.02. The van der Waals surface area contributed by atoms with Crippen LogP contribution in [0.5, 0.6) is 0 Å². The summed E-state index contributed by atoms with van der Waals surface area (Å²) in [6.45, 7) is 0.877. The number of hydrogen-bond donors (Lipinski definition) is 1. The van der Waals surface area contributed by atoms with E-state index in [1.807, 2.05) is 18.2 Å². The first-order chi connectivity index (χ1) is 9.26. The lowest BCUT2D eigenvalue weighted by atomic mass is 10.1. The van der Waals surface area contributed by atoms with Gasteiger partial charge in [0.15, 0.2) is 0 Å². The molecule has 0 aliphatic heterocycles. The van der Waals surface area contributed by atoms with Crippen molar-refractivity contribution < 1.29 is 0 Å². The molecule has 3 rings (SSSR count). The molecule has 1 atom stereocenters. The van der Waals surface area contributed by atoms with E-state index in [-0.39, 0.29) is 0 Å². The van der Waals surface area contributed by atoms with E-state index < -0.39 is 0 Å². The Morgan fingerprint density at radius 2 is 2.21 bits per heavy atom. The van der Waals surface area contributed by atoms with Gasteiger partial charge in [0.25, 0.3) is 0 Å². The van der Waals surface area contributed by atoms with E-state index in [2.05, 4.69) is 41.5 Å². The summed E-state index contributed by atoms with van der Waals surface area (Å²) in [5, 5.41) is 4.23. The highest BCUT2D eigenvalue weighted by Gasteiger charge is 2.31. The quantitative estimate of drug-likeness (QED) is 0.876. The Labute approximate surface area is 119 Å². The van der Waals surface area contributed by atoms with E-state index >= 15 is 0 Å². The van der Waals surface area contributed by atoms with Gasteiger partial charge in [0.05, 0.1) is 0 Å². The first-order valence-electron chi connectivity index (χ1n) is 6.83. The molecule has 0 saturated heterocycles. The molecule has 1 aliphatic rings. The predicted octanol–water partition coefficient (Wildman–Crippen LogP) is 3.86. The fourth-order valence-electron chi connectivity index (χ4n) is 2.69. The lowest BCUT2D eigenvalue weighted by molar-refractivity contribution is 0.528. The van der Waals surface area contributed by atoms with Crippen LogP contribution in [0.2, 0.25) is 5.02 Å². The van der Waals surface area contributed by atoms with Crippen molar-refractivity contribution in [3.8, 4) is 0 Å². The average Bonchev–Trinajstić information content (AvgIpc) is 3.12. The van der Waals surface area contributed by atoms with Gasteiger partial charge in [0.1, 0.15) is 0 Å². The molecule has 1 saturated carbocycles. The molecular formula is C16H19ClN2. The zero-order valence-corrected chi connectivity index (χ0v) is 11.9. The number of nitrogens with zero attached hydrogens (tertiary/aromatic N) is 1. The van der Waals surface area contributed by atoms with Crippen molar-refractivity contribution in [1.82, 2.24) is 9.88 Å². The summed E-state index contributed by atoms with van der Waals surface area (Å²) in [5.41, 5.74) is 2.63. The third-order valence-corrected chi connectivity index (χ3v) is 4.03. The zero-order valence-electron chi connectivity index (χ0n) is 11.1. The molecule has 1 heterocycles. The Kier molecular flexibility index (Phi) is 3.63. The van der Waals surface area contributed by atoms with Gasteiger partial charge < -0.3 is 9.88 Å². The van der Waals surface area contributed by atoms with E-state index in [9.17, 15) is 0 Å². The van der Waals surface area contributed by atoms with Crippen molar-refractivity contribution in [2.75, 3.05) is 7.05 Å². The van der Waals surface area contributed by atoms with Gasteiger partial charge in [-0.25, -0.2) is 0 Å². The van der Waals surface area contributed by atoms with Gasteiger partial charge in [-0.2, -0.15) is 0 Å². The van der Waals surface area contributed by atoms with Crippen LogP contribution >= 0.6 is 11.6 Å². The monoisotopic (exact) mass is 274 g/mol. The summed E-state index contributed by atoms with van der Waals surface area (Å²) < 4.78 is 2.23. The maximum Gasteiger partial charge on any atom is 0.0470 e. The normalized spacial score (nSPS) is 16.5. The Hall–Kier alpha value is -1.25. The SMILES string of the molecule is CNC(c1ccn(Cc2cccc(Cl)c2)c1)C1CC1. The first-order valence-corrected chi connectivity index (χ1v) is 7.21. The van der Waals surface area contributed by atoms with Crippen LogP contribution in [0.1, 0.15) is 30.0 Å². The number of halogens is 1. The first kappa shape index (κ1) is 12.8. The molecule has 0 spiro atoms. The topological polar surface area (TPSA) is 17.0 Å². The fraction of sp³-hybridized carbons (Fsp3) is 0.375. The van der Waals surface area contributed by atoms with Crippen molar-refractivity contribution in [2.24, 2.45) is 5.92 Å². The standard InChI is InChI=1S/C16H19ClN2/c1-18-16(13-5-6-13)14-7-8-19(11-14)10-12-3-2-4-15(17)9-12/h2-4,7-9,11,13,16,18H,5-6,10H2,1H3. The minimum absolute atomic E-state index is 0.514. The maximum atomic E-state index is 6.02. The van der Waals surface area contributed by atoms with Crippen molar-refractivity contribution in [1.29, 1.82) is 0 Å². The van der Waals surface area contributed by atoms with E-state index in [1.54, 1.807) is 0 Å². The number of hydrogen-bond acceptors (Lipinski definition) is 1. The molecule has 1 fully saturated rings. The second-order valence-electron chi connectivity index (χ2n) is 5.35. The van der Waals surface area contributed by atoms with Gasteiger partial charge >= 0.3 is 0 Å². The van der Waals surface area contributed by atoms with Crippen molar-refractivity contribution in [3.05, 3.63) is 58.9 Å². The molecule has 1 N–H and O–H groups in total. The van der Waals surface area contributed by atoms with Gasteiger partial charge in [-0.1, -0.05) is 23.7 Å². The molecule has 1 aromatic heterocycles. The summed E-state index contributed by atoms with van der Waals surface area (Å²) >= 11 is 6.02. The molecule has 0 radical (unpaired) electrons. The molecule has 2 nitrogen and oxygen atoms in total. The number of aromatic nitrogens is 1. The number of benzene rings is 1. The average molecular weight is 275 g/mol. The molecule has 100 valence electrons. The van der Waals surface area contributed by atoms with Crippen LogP contribution in [0.3, 0.4) is 0 Å². The summed E-state index contributed by atoms with van der Waals surface area (Å²) in [7, 11) is 2.05. The second kappa shape index (κ2) is 5.40. The van der Waals surface area contributed by atoms with Crippen molar-refractivity contribution in [2.45, 2.75) is 25.4 Å². The Bertz CT molecular complexity index is 557. The van der Waals surface area contributed by atoms with E-state index in [1.165, 1.54) is 24.0 Å². The minimum atomic E-state index is 0.514. The largest absolute Gasteiger partial charge is 0.350 e.